The summed E-state index contributed by atoms with van der Waals surface area (Å²) in [4.78, 5) is 5.87. The van der Waals surface area contributed by atoms with Crippen molar-refractivity contribution in [1.82, 2.24) is 9.88 Å². The molecule has 1 atom stereocenters. The maximum absolute atomic E-state index is 12.5. The number of rotatable bonds is 5. The van der Waals surface area contributed by atoms with Crippen LogP contribution in [0.25, 0.3) is 0 Å². The molecular weight excluding hydrogens is 303 g/mol. The van der Waals surface area contributed by atoms with E-state index in [1.165, 1.54) is 0 Å². The molecule has 1 aromatic heterocycles. The largest absolute Gasteiger partial charge is 0.434 e. The standard InChI is InChI=1S/C13H20F3N3OS/c1-9(2)6-19-3-4-20-10(7-19)5-17-12-18-11(8-21-12)13(14,15)16/h8-10H,3-7H2,1-2H3,(H,17,18). The van der Waals surface area contributed by atoms with Gasteiger partial charge >= 0.3 is 6.18 Å². The first-order valence-electron chi connectivity index (χ1n) is 6.95. The molecule has 1 aliphatic heterocycles. The lowest BCUT2D eigenvalue weighted by atomic mass is 10.2. The summed E-state index contributed by atoms with van der Waals surface area (Å²) < 4.78 is 43.0. The maximum Gasteiger partial charge on any atom is 0.434 e. The molecule has 2 rings (SSSR count). The number of nitrogens with one attached hydrogen (secondary N) is 1. The van der Waals surface area contributed by atoms with Gasteiger partial charge in [-0.15, -0.1) is 11.3 Å². The molecule has 0 amide bonds. The van der Waals surface area contributed by atoms with Crippen molar-refractivity contribution in [2.24, 2.45) is 5.92 Å². The van der Waals surface area contributed by atoms with Crippen molar-refractivity contribution in [2.45, 2.75) is 26.1 Å². The van der Waals surface area contributed by atoms with Crippen molar-refractivity contribution < 1.29 is 17.9 Å². The lowest BCUT2D eigenvalue weighted by Gasteiger charge is -2.33. The highest BCUT2D eigenvalue weighted by molar-refractivity contribution is 7.13. The van der Waals surface area contributed by atoms with Crippen LogP contribution in [0.5, 0.6) is 0 Å². The number of morpholine rings is 1. The molecule has 1 fully saturated rings. The van der Waals surface area contributed by atoms with Crippen LogP contribution in [0.4, 0.5) is 18.3 Å². The number of thiazole rings is 1. The molecule has 1 N–H and O–H groups in total. The highest BCUT2D eigenvalue weighted by Crippen LogP contribution is 2.31. The summed E-state index contributed by atoms with van der Waals surface area (Å²) in [5.41, 5.74) is -0.846. The van der Waals surface area contributed by atoms with Gasteiger partial charge in [0.15, 0.2) is 10.8 Å². The van der Waals surface area contributed by atoms with E-state index in [0.717, 1.165) is 36.4 Å². The third-order valence-corrected chi connectivity index (χ3v) is 3.92. The number of aromatic nitrogens is 1. The number of alkyl halides is 3. The quantitative estimate of drug-likeness (QED) is 0.904. The van der Waals surface area contributed by atoms with Gasteiger partial charge in [0, 0.05) is 31.6 Å². The number of hydrogen-bond acceptors (Lipinski definition) is 5. The Morgan fingerprint density at radius 1 is 1.52 bits per heavy atom. The molecule has 120 valence electrons. The molecule has 0 saturated carbocycles. The Bertz CT molecular complexity index is 450. The van der Waals surface area contributed by atoms with Crippen molar-refractivity contribution >= 4 is 16.5 Å². The molecule has 0 spiro atoms. The average Bonchev–Trinajstić information content (AvgIpc) is 2.84. The molecule has 0 aliphatic carbocycles. The van der Waals surface area contributed by atoms with Crippen LogP contribution in [0, 0.1) is 5.92 Å². The van der Waals surface area contributed by atoms with Crippen molar-refractivity contribution in [1.29, 1.82) is 0 Å². The molecule has 8 heteroatoms. The fraction of sp³-hybridized carbons (Fsp3) is 0.769. The van der Waals surface area contributed by atoms with Crippen LogP contribution >= 0.6 is 11.3 Å². The number of anilines is 1. The van der Waals surface area contributed by atoms with E-state index >= 15 is 0 Å². The van der Waals surface area contributed by atoms with Gasteiger partial charge in [0.25, 0.3) is 0 Å². The van der Waals surface area contributed by atoms with Crippen LogP contribution in [-0.4, -0.2) is 48.8 Å². The van der Waals surface area contributed by atoms with Crippen molar-refractivity contribution in [3.63, 3.8) is 0 Å². The second kappa shape index (κ2) is 6.93. The summed E-state index contributed by atoms with van der Waals surface area (Å²) >= 11 is 0.965. The Morgan fingerprint density at radius 2 is 2.29 bits per heavy atom. The fourth-order valence-corrected chi connectivity index (χ4v) is 3.00. The van der Waals surface area contributed by atoms with Gasteiger partial charge in [-0.1, -0.05) is 13.8 Å². The van der Waals surface area contributed by atoms with Gasteiger partial charge in [0.05, 0.1) is 12.7 Å². The highest BCUT2D eigenvalue weighted by atomic mass is 32.1. The monoisotopic (exact) mass is 323 g/mol. The SMILES string of the molecule is CC(C)CN1CCOC(CNc2nc(C(F)(F)F)cs2)C1. The van der Waals surface area contributed by atoms with E-state index in [9.17, 15) is 13.2 Å². The van der Waals surface area contributed by atoms with Crippen LogP contribution in [0.1, 0.15) is 19.5 Å². The summed E-state index contributed by atoms with van der Waals surface area (Å²) in [5, 5.41) is 4.24. The topological polar surface area (TPSA) is 37.4 Å². The second-order valence-electron chi connectivity index (χ2n) is 5.56. The summed E-state index contributed by atoms with van der Waals surface area (Å²) in [6.45, 7) is 8.17. The minimum atomic E-state index is -4.38. The third kappa shape index (κ3) is 5.12. The lowest BCUT2D eigenvalue weighted by molar-refractivity contribution is -0.140. The van der Waals surface area contributed by atoms with Gasteiger partial charge < -0.3 is 10.1 Å². The van der Waals surface area contributed by atoms with Crippen molar-refractivity contribution in [2.75, 3.05) is 38.1 Å². The number of ether oxygens (including phenoxy) is 1. The van der Waals surface area contributed by atoms with E-state index in [4.69, 9.17) is 4.74 Å². The molecule has 21 heavy (non-hydrogen) atoms. The van der Waals surface area contributed by atoms with Crippen LogP contribution in [0.2, 0.25) is 0 Å². The Labute approximate surface area is 126 Å². The minimum Gasteiger partial charge on any atom is -0.374 e. The lowest BCUT2D eigenvalue weighted by Crippen LogP contribution is -2.46. The van der Waals surface area contributed by atoms with Gasteiger partial charge in [-0.05, 0) is 5.92 Å². The van der Waals surface area contributed by atoms with Crippen molar-refractivity contribution in [3.8, 4) is 0 Å². The van der Waals surface area contributed by atoms with Crippen LogP contribution in [0.3, 0.4) is 0 Å². The molecule has 1 aliphatic rings. The molecule has 0 bridgehead atoms. The number of halogens is 3. The van der Waals surface area contributed by atoms with E-state index in [1.54, 1.807) is 0 Å². The predicted molar refractivity (Wildman–Crippen MR) is 76.6 cm³/mol. The molecular formula is C13H20F3N3OS. The normalized spacial score (nSPS) is 21.0. The maximum atomic E-state index is 12.5. The fourth-order valence-electron chi connectivity index (χ4n) is 2.27. The first kappa shape index (κ1) is 16.5. The van der Waals surface area contributed by atoms with Gasteiger partial charge in [-0.25, -0.2) is 4.98 Å². The molecule has 1 unspecified atom stereocenters. The molecule has 1 saturated heterocycles. The van der Waals surface area contributed by atoms with Gasteiger partial charge in [-0.2, -0.15) is 13.2 Å². The Hall–Kier alpha value is -0.860. The first-order valence-corrected chi connectivity index (χ1v) is 7.83. The van der Waals surface area contributed by atoms with E-state index < -0.39 is 11.9 Å². The zero-order valence-corrected chi connectivity index (χ0v) is 12.9. The molecule has 2 heterocycles. The van der Waals surface area contributed by atoms with E-state index in [2.05, 4.69) is 29.0 Å². The Morgan fingerprint density at radius 3 is 2.90 bits per heavy atom. The zero-order chi connectivity index (χ0) is 15.5. The van der Waals surface area contributed by atoms with Crippen LogP contribution in [-0.2, 0) is 10.9 Å². The minimum absolute atomic E-state index is 0.0178. The average molecular weight is 323 g/mol. The smallest absolute Gasteiger partial charge is 0.374 e. The summed E-state index contributed by atoms with van der Waals surface area (Å²) in [7, 11) is 0. The predicted octanol–water partition coefficient (Wildman–Crippen LogP) is 2.93. The van der Waals surface area contributed by atoms with E-state index in [1.807, 2.05) is 0 Å². The molecule has 4 nitrogen and oxygen atoms in total. The molecule has 1 aromatic rings. The van der Waals surface area contributed by atoms with Gasteiger partial charge in [0.1, 0.15) is 0 Å². The Balaban J connectivity index is 1.81. The summed E-state index contributed by atoms with van der Waals surface area (Å²) in [6.07, 6.45) is -4.40. The molecule has 0 aromatic carbocycles. The number of nitrogens with zero attached hydrogens (tertiary/aromatic N) is 2. The summed E-state index contributed by atoms with van der Waals surface area (Å²) in [5.74, 6) is 0.588. The van der Waals surface area contributed by atoms with E-state index in [0.29, 0.717) is 19.1 Å². The summed E-state index contributed by atoms with van der Waals surface area (Å²) in [6, 6.07) is 0. The van der Waals surface area contributed by atoms with Gasteiger partial charge in [-0.3, -0.25) is 4.90 Å². The van der Waals surface area contributed by atoms with Crippen molar-refractivity contribution in [3.05, 3.63) is 11.1 Å². The molecule has 0 radical (unpaired) electrons. The Kier molecular flexibility index (Phi) is 5.45. The van der Waals surface area contributed by atoms with Crippen LogP contribution < -0.4 is 5.32 Å². The number of hydrogen-bond donors (Lipinski definition) is 1. The third-order valence-electron chi connectivity index (χ3n) is 3.12. The van der Waals surface area contributed by atoms with Gasteiger partial charge in [0.2, 0.25) is 0 Å². The zero-order valence-electron chi connectivity index (χ0n) is 12.1. The second-order valence-corrected chi connectivity index (χ2v) is 6.42. The first-order chi connectivity index (χ1) is 9.84. The highest BCUT2D eigenvalue weighted by Gasteiger charge is 2.33. The van der Waals surface area contributed by atoms with Crippen LogP contribution in [0.15, 0.2) is 5.38 Å². The van der Waals surface area contributed by atoms with E-state index in [-0.39, 0.29) is 11.2 Å².